The van der Waals surface area contributed by atoms with Gasteiger partial charge in [-0.3, -0.25) is 4.79 Å². The van der Waals surface area contributed by atoms with Crippen molar-refractivity contribution in [3.8, 4) is 11.8 Å². The Hall–Kier alpha value is -2.25. The van der Waals surface area contributed by atoms with Crippen LogP contribution in [0.3, 0.4) is 0 Å². The van der Waals surface area contributed by atoms with Crippen LogP contribution < -0.4 is 10.1 Å². The number of hydrogen-bond donors (Lipinski definition) is 1. The fourth-order valence-corrected chi connectivity index (χ4v) is 4.05. The molecule has 0 fully saturated rings. The summed E-state index contributed by atoms with van der Waals surface area (Å²) in [6.45, 7) is 6.06. The number of halogens is 1. The first-order valence-electron chi connectivity index (χ1n) is 8.25. The Morgan fingerprint density at radius 2 is 2.08 bits per heavy atom. The lowest BCUT2D eigenvalue weighted by atomic mass is 9.69. The SMILES string of the molecule is COc1ccc(C2C(C#N)=C(C)NC3=C2C(=O)CC(C)(C)C3)cc1Cl. The zero-order chi connectivity index (χ0) is 18.4. The van der Waals surface area contributed by atoms with Crippen LogP contribution in [0.15, 0.2) is 40.7 Å². The normalized spacial score (nSPS) is 22.2. The molecule has 1 aliphatic carbocycles. The monoisotopic (exact) mass is 356 g/mol. The number of rotatable bonds is 2. The molecule has 0 saturated heterocycles. The number of dihydropyridines is 1. The minimum absolute atomic E-state index is 0.0879. The molecule has 1 aliphatic heterocycles. The molecule has 1 aromatic rings. The number of nitriles is 1. The van der Waals surface area contributed by atoms with Gasteiger partial charge in [0.05, 0.1) is 29.7 Å². The summed E-state index contributed by atoms with van der Waals surface area (Å²) in [5, 5.41) is 13.5. The van der Waals surface area contributed by atoms with Crippen molar-refractivity contribution in [3.63, 3.8) is 0 Å². The summed E-state index contributed by atoms with van der Waals surface area (Å²) in [5.41, 5.74) is 3.73. The Balaban J connectivity index is 2.18. The zero-order valence-electron chi connectivity index (χ0n) is 14.9. The van der Waals surface area contributed by atoms with Gasteiger partial charge in [0.25, 0.3) is 0 Å². The highest BCUT2D eigenvalue weighted by Crippen LogP contribution is 2.47. The molecule has 25 heavy (non-hydrogen) atoms. The molecule has 0 aromatic heterocycles. The molecule has 1 atom stereocenters. The fourth-order valence-electron chi connectivity index (χ4n) is 3.78. The molecule has 0 saturated carbocycles. The predicted octanol–water partition coefficient (Wildman–Crippen LogP) is 4.48. The van der Waals surface area contributed by atoms with Gasteiger partial charge < -0.3 is 10.1 Å². The fraction of sp³-hybridized carbons (Fsp3) is 0.400. The van der Waals surface area contributed by atoms with Crippen molar-refractivity contribution in [2.75, 3.05) is 7.11 Å². The number of carbonyl (C=O) groups excluding carboxylic acids is 1. The van der Waals surface area contributed by atoms with Gasteiger partial charge in [-0.2, -0.15) is 5.26 Å². The topological polar surface area (TPSA) is 62.1 Å². The number of benzene rings is 1. The molecule has 3 rings (SSSR count). The van der Waals surface area contributed by atoms with Gasteiger partial charge in [-0.25, -0.2) is 0 Å². The minimum atomic E-state index is -0.381. The average molecular weight is 357 g/mol. The van der Waals surface area contributed by atoms with E-state index in [9.17, 15) is 10.1 Å². The van der Waals surface area contributed by atoms with Crippen LogP contribution in [-0.2, 0) is 4.79 Å². The second-order valence-electron chi connectivity index (χ2n) is 7.44. The van der Waals surface area contributed by atoms with Crippen molar-refractivity contribution in [1.29, 1.82) is 5.26 Å². The Kier molecular flexibility index (Phi) is 4.38. The molecule has 1 N–H and O–H groups in total. The molecule has 1 heterocycles. The van der Waals surface area contributed by atoms with E-state index in [1.807, 2.05) is 13.0 Å². The van der Waals surface area contributed by atoms with E-state index in [0.29, 0.717) is 28.3 Å². The highest BCUT2D eigenvalue weighted by Gasteiger charge is 2.41. The number of ketones is 1. The Bertz CT molecular complexity index is 859. The Morgan fingerprint density at radius 3 is 2.68 bits per heavy atom. The van der Waals surface area contributed by atoms with Gasteiger partial charge in [-0.15, -0.1) is 0 Å². The van der Waals surface area contributed by atoms with E-state index < -0.39 is 0 Å². The summed E-state index contributed by atoms with van der Waals surface area (Å²) >= 11 is 6.29. The molecule has 0 amide bonds. The van der Waals surface area contributed by atoms with Gasteiger partial charge in [0.1, 0.15) is 5.75 Å². The third-order valence-electron chi connectivity index (χ3n) is 4.87. The van der Waals surface area contributed by atoms with Gasteiger partial charge in [-0.05, 0) is 36.5 Å². The van der Waals surface area contributed by atoms with Crippen LogP contribution in [-0.4, -0.2) is 12.9 Å². The van der Waals surface area contributed by atoms with E-state index in [-0.39, 0.29) is 17.1 Å². The summed E-state index contributed by atoms with van der Waals surface area (Å²) in [5.74, 6) is 0.285. The van der Waals surface area contributed by atoms with E-state index in [0.717, 1.165) is 23.4 Å². The first-order valence-corrected chi connectivity index (χ1v) is 8.63. The van der Waals surface area contributed by atoms with Crippen molar-refractivity contribution < 1.29 is 9.53 Å². The third kappa shape index (κ3) is 3.05. The number of allylic oxidation sites excluding steroid dienone is 4. The van der Waals surface area contributed by atoms with E-state index in [1.165, 1.54) is 0 Å². The Labute approximate surface area is 153 Å². The van der Waals surface area contributed by atoms with Gasteiger partial charge in [0, 0.05) is 23.4 Å². The number of hydrogen-bond acceptors (Lipinski definition) is 4. The van der Waals surface area contributed by atoms with Gasteiger partial charge >= 0.3 is 0 Å². The van der Waals surface area contributed by atoms with Crippen molar-refractivity contribution >= 4 is 17.4 Å². The molecule has 4 nitrogen and oxygen atoms in total. The quantitative estimate of drug-likeness (QED) is 0.848. The highest BCUT2D eigenvalue weighted by atomic mass is 35.5. The number of carbonyl (C=O) groups is 1. The lowest BCUT2D eigenvalue weighted by Gasteiger charge is -2.38. The van der Waals surface area contributed by atoms with Gasteiger partial charge in [0.2, 0.25) is 0 Å². The minimum Gasteiger partial charge on any atom is -0.495 e. The second kappa shape index (κ2) is 6.24. The van der Waals surface area contributed by atoms with E-state index in [1.54, 1.807) is 19.2 Å². The van der Waals surface area contributed by atoms with Crippen LogP contribution in [0.2, 0.25) is 5.02 Å². The lowest BCUT2D eigenvalue weighted by Crippen LogP contribution is -2.36. The number of nitrogens with one attached hydrogen (secondary N) is 1. The molecule has 2 aliphatic rings. The predicted molar refractivity (Wildman–Crippen MR) is 97.2 cm³/mol. The van der Waals surface area contributed by atoms with Crippen LogP contribution in [0.1, 0.15) is 45.1 Å². The maximum absolute atomic E-state index is 12.9. The molecule has 0 bridgehead atoms. The smallest absolute Gasteiger partial charge is 0.162 e. The van der Waals surface area contributed by atoms with Crippen LogP contribution >= 0.6 is 11.6 Å². The summed E-state index contributed by atoms with van der Waals surface area (Å²) in [4.78, 5) is 12.9. The van der Waals surface area contributed by atoms with Crippen LogP contribution in [0.5, 0.6) is 5.75 Å². The molecular weight excluding hydrogens is 336 g/mol. The van der Waals surface area contributed by atoms with Crippen LogP contribution in [0.25, 0.3) is 0 Å². The molecular formula is C20H21ClN2O2. The lowest BCUT2D eigenvalue weighted by molar-refractivity contribution is -0.118. The van der Waals surface area contributed by atoms with Gasteiger partial charge in [-0.1, -0.05) is 31.5 Å². The third-order valence-corrected chi connectivity index (χ3v) is 5.16. The summed E-state index contributed by atoms with van der Waals surface area (Å²) in [7, 11) is 1.56. The number of ether oxygens (including phenoxy) is 1. The maximum Gasteiger partial charge on any atom is 0.162 e. The largest absolute Gasteiger partial charge is 0.495 e. The van der Waals surface area contributed by atoms with E-state index >= 15 is 0 Å². The summed E-state index contributed by atoms with van der Waals surface area (Å²) in [6.07, 6.45) is 1.26. The molecule has 5 heteroatoms. The van der Waals surface area contributed by atoms with Crippen molar-refractivity contribution in [3.05, 3.63) is 51.3 Å². The standard InChI is InChI=1S/C20H21ClN2O2/c1-11-13(10-22)18(12-5-6-17(25-4)14(21)7-12)19-15(23-11)8-20(2,3)9-16(19)24/h5-7,18,23H,8-9H2,1-4H3. The molecule has 0 radical (unpaired) electrons. The highest BCUT2D eigenvalue weighted by molar-refractivity contribution is 6.32. The molecule has 1 unspecified atom stereocenters. The van der Waals surface area contributed by atoms with Crippen molar-refractivity contribution in [2.24, 2.45) is 5.41 Å². The molecule has 0 spiro atoms. The van der Waals surface area contributed by atoms with Crippen molar-refractivity contribution in [2.45, 2.75) is 39.5 Å². The second-order valence-corrected chi connectivity index (χ2v) is 7.84. The van der Waals surface area contributed by atoms with E-state index in [4.69, 9.17) is 16.3 Å². The number of nitrogens with zero attached hydrogens (tertiary/aromatic N) is 1. The number of Topliss-reactive ketones (excluding diaryl/α,β-unsaturated/α-hetero) is 1. The van der Waals surface area contributed by atoms with Crippen LogP contribution in [0.4, 0.5) is 0 Å². The van der Waals surface area contributed by atoms with E-state index in [2.05, 4.69) is 25.2 Å². The number of methoxy groups -OCH3 is 1. The molecule has 130 valence electrons. The summed E-state index contributed by atoms with van der Waals surface area (Å²) < 4.78 is 5.22. The summed E-state index contributed by atoms with van der Waals surface area (Å²) in [6, 6.07) is 7.73. The maximum atomic E-state index is 12.9. The van der Waals surface area contributed by atoms with Crippen molar-refractivity contribution in [1.82, 2.24) is 5.32 Å². The molecule has 1 aromatic carbocycles. The van der Waals surface area contributed by atoms with Gasteiger partial charge in [0.15, 0.2) is 5.78 Å². The first kappa shape index (κ1) is 17.6. The van der Waals surface area contributed by atoms with Crippen LogP contribution in [0, 0.1) is 16.7 Å². The Morgan fingerprint density at radius 1 is 1.36 bits per heavy atom. The first-order chi connectivity index (χ1) is 11.8. The average Bonchev–Trinajstić information content (AvgIpc) is 2.52. The zero-order valence-corrected chi connectivity index (χ0v) is 15.6.